The van der Waals surface area contributed by atoms with Gasteiger partial charge in [0.2, 0.25) is 0 Å². The van der Waals surface area contributed by atoms with E-state index in [9.17, 15) is 10.2 Å². The van der Waals surface area contributed by atoms with Crippen molar-refractivity contribution in [3.8, 4) is 11.5 Å². The summed E-state index contributed by atoms with van der Waals surface area (Å²) in [7, 11) is 0. The molecule has 0 aliphatic rings. The number of hydrogen-bond acceptors (Lipinski definition) is 5. The molecule has 2 atom stereocenters. The van der Waals surface area contributed by atoms with Crippen molar-refractivity contribution < 1.29 is 15.0 Å². The molecule has 0 bridgehead atoms. The molecule has 0 radical (unpaired) electrons. The Labute approximate surface area is 270 Å². The maximum atomic E-state index is 15.4. The molecule has 6 aromatic rings. The van der Waals surface area contributed by atoms with Gasteiger partial charge in [0.25, 0.3) is 0 Å². The molecule has 6 rings (SSSR count). The van der Waals surface area contributed by atoms with E-state index in [1.54, 1.807) is 12.1 Å². The zero-order chi connectivity index (χ0) is 29.5. The fraction of sp³-hybridized carbons (Fsp3) is 0.182. The summed E-state index contributed by atoms with van der Waals surface area (Å²) in [5.74, 6) is -1.12. The Morgan fingerprint density at radius 3 is 1.52 bits per heavy atom. The van der Waals surface area contributed by atoms with Gasteiger partial charge >= 0.3 is 0 Å². The molecule has 0 saturated carbocycles. The number of hydrogen-bond donors (Lipinski definition) is 2. The van der Waals surface area contributed by atoms with Crippen LogP contribution in [0.1, 0.15) is 59.6 Å². The van der Waals surface area contributed by atoms with E-state index in [0.29, 0.717) is 20.0 Å². The highest BCUT2D eigenvalue weighted by atomic mass is 127. The number of carbonyl (C=O) groups excluding carboxylic acids is 1. The lowest BCUT2D eigenvalue weighted by atomic mass is 9.79. The molecule has 0 spiro atoms. The molecular weight excluding hydrogens is 754 g/mol. The molecule has 0 aliphatic carbocycles. The molecule has 0 saturated heterocycles. The predicted octanol–water partition coefficient (Wildman–Crippen LogP) is 7.26. The zero-order valence-corrected chi connectivity index (χ0v) is 27.3. The monoisotopic (exact) mass is 782 g/mol. The number of ketones is 1. The SMILES string of the molecule is CCc1nc2ccccn2c1C(C(=O)C(c1ccc(O)c(I)c1)c1c(CC)nc2ccccn12)c1ccc(O)c(I)c1. The first-order valence-electron chi connectivity index (χ1n) is 13.7. The van der Waals surface area contributed by atoms with Crippen LogP contribution in [-0.2, 0) is 17.6 Å². The van der Waals surface area contributed by atoms with Crippen LogP contribution in [0.3, 0.4) is 0 Å². The first kappa shape index (κ1) is 28.7. The minimum atomic E-state index is -0.707. The van der Waals surface area contributed by atoms with Gasteiger partial charge < -0.3 is 19.0 Å². The van der Waals surface area contributed by atoms with E-state index in [0.717, 1.165) is 45.2 Å². The Bertz CT molecular complexity index is 1820. The summed E-state index contributed by atoms with van der Waals surface area (Å²) in [4.78, 5) is 25.3. The maximum absolute atomic E-state index is 15.4. The number of aryl methyl sites for hydroxylation is 2. The van der Waals surface area contributed by atoms with Crippen molar-refractivity contribution in [1.29, 1.82) is 0 Å². The van der Waals surface area contributed by atoms with Crippen LogP contribution >= 0.6 is 45.2 Å². The van der Waals surface area contributed by atoms with Crippen LogP contribution in [0.15, 0.2) is 85.2 Å². The first-order chi connectivity index (χ1) is 20.3. The molecule has 7 nitrogen and oxygen atoms in total. The minimum absolute atomic E-state index is 0.0429. The lowest BCUT2D eigenvalue weighted by molar-refractivity contribution is -0.120. The topological polar surface area (TPSA) is 92.1 Å². The quantitative estimate of drug-likeness (QED) is 0.159. The highest BCUT2D eigenvalue weighted by Gasteiger charge is 2.38. The van der Waals surface area contributed by atoms with Gasteiger partial charge in [0.05, 0.1) is 41.8 Å². The van der Waals surface area contributed by atoms with Crippen molar-refractivity contribution >= 4 is 62.3 Å². The Kier molecular flexibility index (Phi) is 7.97. The lowest BCUT2D eigenvalue weighted by Crippen LogP contribution is -2.26. The van der Waals surface area contributed by atoms with E-state index in [1.807, 2.05) is 95.7 Å². The van der Waals surface area contributed by atoms with Gasteiger partial charge in [-0.15, -0.1) is 0 Å². The van der Waals surface area contributed by atoms with Crippen molar-refractivity contribution in [3.63, 3.8) is 0 Å². The van der Waals surface area contributed by atoms with Crippen molar-refractivity contribution in [2.75, 3.05) is 0 Å². The molecule has 4 aromatic heterocycles. The fourth-order valence-electron chi connectivity index (χ4n) is 5.74. The number of pyridine rings is 2. The molecular formula is C33H28I2N4O3. The fourth-order valence-corrected chi connectivity index (χ4v) is 6.82. The van der Waals surface area contributed by atoms with Crippen molar-refractivity contribution in [1.82, 2.24) is 18.8 Å². The molecule has 9 heteroatoms. The number of benzene rings is 2. The molecule has 0 amide bonds. The number of nitrogens with zero attached hydrogens (tertiary/aromatic N) is 4. The van der Waals surface area contributed by atoms with Crippen LogP contribution in [-0.4, -0.2) is 34.8 Å². The van der Waals surface area contributed by atoms with Crippen LogP contribution in [0.4, 0.5) is 0 Å². The zero-order valence-electron chi connectivity index (χ0n) is 23.0. The van der Waals surface area contributed by atoms with Crippen LogP contribution in [0.2, 0.25) is 0 Å². The average molecular weight is 782 g/mol. The van der Waals surface area contributed by atoms with Crippen LogP contribution in [0, 0.1) is 7.14 Å². The second-order valence-electron chi connectivity index (χ2n) is 10.1. The Morgan fingerprint density at radius 2 is 1.14 bits per heavy atom. The van der Waals surface area contributed by atoms with E-state index >= 15 is 4.79 Å². The predicted molar refractivity (Wildman–Crippen MR) is 179 cm³/mol. The summed E-state index contributed by atoms with van der Waals surface area (Å²) in [6, 6.07) is 22.4. The largest absolute Gasteiger partial charge is 0.507 e. The molecule has 4 heterocycles. The number of aromatic nitrogens is 4. The number of halogens is 2. The minimum Gasteiger partial charge on any atom is -0.507 e. The van der Waals surface area contributed by atoms with E-state index in [1.165, 1.54) is 0 Å². The number of aromatic hydroxyl groups is 2. The molecule has 0 fully saturated rings. The number of carbonyl (C=O) groups is 1. The third-order valence-corrected chi connectivity index (χ3v) is 9.41. The molecule has 2 unspecified atom stereocenters. The lowest BCUT2D eigenvalue weighted by Gasteiger charge is -2.25. The molecule has 42 heavy (non-hydrogen) atoms. The Balaban J connectivity index is 1.68. The van der Waals surface area contributed by atoms with Gasteiger partial charge in [-0.3, -0.25) is 4.79 Å². The highest BCUT2D eigenvalue weighted by molar-refractivity contribution is 14.1. The van der Waals surface area contributed by atoms with Gasteiger partial charge in [-0.2, -0.15) is 0 Å². The molecule has 2 aromatic carbocycles. The van der Waals surface area contributed by atoms with Crippen LogP contribution in [0.25, 0.3) is 11.3 Å². The number of fused-ring (bicyclic) bond motifs is 2. The van der Waals surface area contributed by atoms with Gasteiger partial charge in [0.1, 0.15) is 22.8 Å². The third-order valence-electron chi connectivity index (χ3n) is 7.68. The van der Waals surface area contributed by atoms with Gasteiger partial charge in [0.15, 0.2) is 5.78 Å². The van der Waals surface area contributed by atoms with Crippen molar-refractivity contribution in [2.24, 2.45) is 0 Å². The molecule has 0 aliphatic heterocycles. The second kappa shape index (κ2) is 11.7. The molecule has 212 valence electrons. The summed E-state index contributed by atoms with van der Waals surface area (Å²) >= 11 is 4.21. The first-order valence-corrected chi connectivity index (χ1v) is 15.9. The number of imidazole rings is 2. The maximum Gasteiger partial charge on any atom is 0.159 e. The van der Waals surface area contributed by atoms with Crippen LogP contribution < -0.4 is 0 Å². The summed E-state index contributed by atoms with van der Waals surface area (Å²) in [6.07, 6.45) is 5.19. The van der Waals surface area contributed by atoms with Gasteiger partial charge in [0, 0.05) is 12.4 Å². The Morgan fingerprint density at radius 1 is 0.714 bits per heavy atom. The average Bonchev–Trinajstić information content (AvgIpc) is 3.55. The number of phenols is 2. The van der Waals surface area contributed by atoms with E-state index < -0.39 is 11.8 Å². The summed E-state index contributed by atoms with van der Waals surface area (Å²) in [6.45, 7) is 4.10. The van der Waals surface area contributed by atoms with E-state index in [-0.39, 0.29) is 17.3 Å². The summed E-state index contributed by atoms with van der Waals surface area (Å²) in [5.41, 5.74) is 6.40. The van der Waals surface area contributed by atoms with E-state index in [4.69, 9.17) is 9.97 Å². The third kappa shape index (κ3) is 4.96. The standard InChI is InChI=1S/C33H28I2N4O3/c1-3-23-31(38-15-7-5-9-27(38)36-23)29(19-11-13-25(40)21(34)17-19)33(42)30(20-12-14-26(41)22(35)18-20)32-24(4-2)37-28-10-6-8-16-39(28)32/h5-18,29-30,40-41H,3-4H2,1-2H3. The highest BCUT2D eigenvalue weighted by Crippen LogP contribution is 2.41. The number of Topliss-reactive ketones (excluding diaryl/α,β-unsaturated/α-hetero) is 1. The van der Waals surface area contributed by atoms with Crippen molar-refractivity contribution in [3.05, 3.63) is 126 Å². The number of rotatable bonds is 8. The van der Waals surface area contributed by atoms with Crippen molar-refractivity contribution in [2.45, 2.75) is 38.5 Å². The van der Waals surface area contributed by atoms with Crippen LogP contribution in [0.5, 0.6) is 11.5 Å². The summed E-state index contributed by atoms with van der Waals surface area (Å²) < 4.78 is 5.34. The van der Waals surface area contributed by atoms with Gasteiger partial charge in [-0.05, 0) is 118 Å². The normalized spacial score (nSPS) is 13.0. The van der Waals surface area contributed by atoms with Gasteiger partial charge in [-0.25, -0.2) is 9.97 Å². The summed E-state index contributed by atoms with van der Waals surface area (Å²) in [5, 5.41) is 20.8. The van der Waals surface area contributed by atoms with Gasteiger partial charge in [-0.1, -0.05) is 38.1 Å². The second-order valence-corrected chi connectivity index (χ2v) is 12.5. The molecule has 2 N–H and O–H groups in total. The number of phenolic OH excluding ortho intramolecular Hbond substituents is 2. The van der Waals surface area contributed by atoms with E-state index in [2.05, 4.69) is 45.2 Å². The Hall–Kier alpha value is -3.45. The smallest absolute Gasteiger partial charge is 0.159 e.